The molecule has 1 aromatic carbocycles. The van der Waals surface area contributed by atoms with Gasteiger partial charge in [-0.05, 0) is 30.0 Å². The van der Waals surface area contributed by atoms with E-state index in [1.54, 1.807) is 0 Å². The Hall–Kier alpha value is -2.67. The Balaban J connectivity index is 1.50. The number of amides is 1. The molecule has 1 saturated heterocycles. The van der Waals surface area contributed by atoms with Crippen LogP contribution in [-0.2, 0) is 10.2 Å². The molecule has 0 unspecified atom stereocenters. The van der Waals surface area contributed by atoms with Crippen molar-refractivity contribution in [3.8, 4) is 0 Å². The van der Waals surface area contributed by atoms with Crippen LogP contribution in [0.3, 0.4) is 0 Å². The first-order valence-corrected chi connectivity index (χ1v) is 10.1. The van der Waals surface area contributed by atoms with Gasteiger partial charge in [-0.25, -0.2) is 9.97 Å². The molecule has 2 N–H and O–H groups in total. The number of benzene rings is 1. The molecule has 156 valence electrons. The van der Waals surface area contributed by atoms with Crippen molar-refractivity contribution in [2.45, 2.75) is 33.1 Å². The van der Waals surface area contributed by atoms with Crippen molar-refractivity contribution in [2.24, 2.45) is 0 Å². The molecule has 3 rings (SSSR count). The molecule has 1 aromatic heterocycles. The average molecular weight is 398 g/mol. The summed E-state index contributed by atoms with van der Waals surface area (Å²) in [5.74, 6) is 2.33. The monoisotopic (exact) mass is 397 g/mol. The quantitative estimate of drug-likeness (QED) is 0.730. The van der Waals surface area contributed by atoms with Gasteiger partial charge in [0.15, 0.2) is 0 Å². The van der Waals surface area contributed by atoms with Gasteiger partial charge in [0.05, 0.1) is 13.2 Å². The van der Waals surface area contributed by atoms with Crippen molar-refractivity contribution < 1.29 is 9.53 Å². The number of aryl methyl sites for hydroxylation is 1. The van der Waals surface area contributed by atoms with Gasteiger partial charge < -0.3 is 20.3 Å². The normalized spacial score (nSPS) is 14.6. The van der Waals surface area contributed by atoms with Crippen LogP contribution in [-0.4, -0.2) is 55.3 Å². The lowest BCUT2D eigenvalue weighted by Crippen LogP contribution is -2.37. The van der Waals surface area contributed by atoms with Crippen LogP contribution in [0.15, 0.2) is 30.3 Å². The van der Waals surface area contributed by atoms with E-state index in [-0.39, 0.29) is 11.3 Å². The second kappa shape index (κ2) is 9.22. The van der Waals surface area contributed by atoms with Crippen molar-refractivity contribution in [1.82, 2.24) is 15.3 Å². The number of anilines is 2. The van der Waals surface area contributed by atoms with E-state index in [0.717, 1.165) is 30.5 Å². The fourth-order valence-electron chi connectivity index (χ4n) is 3.19. The zero-order valence-corrected chi connectivity index (χ0v) is 17.8. The Morgan fingerprint density at radius 2 is 1.79 bits per heavy atom. The molecule has 2 aromatic rings. The first kappa shape index (κ1) is 21.0. The van der Waals surface area contributed by atoms with Crippen LogP contribution >= 0.6 is 0 Å². The fourth-order valence-corrected chi connectivity index (χ4v) is 3.19. The minimum Gasteiger partial charge on any atom is -0.378 e. The first-order valence-electron chi connectivity index (χ1n) is 10.1. The van der Waals surface area contributed by atoms with Crippen molar-refractivity contribution in [1.29, 1.82) is 0 Å². The van der Waals surface area contributed by atoms with E-state index in [2.05, 4.69) is 46.3 Å². The van der Waals surface area contributed by atoms with Crippen LogP contribution in [0, 0.1) is 6.92 Å². The Morgan fingerprint density at radius 1 is 1.10 bits per heavy atom. The predicted octanol–water partition coefficient (Wildman–Crippen LogP) is 2.76. The van der Waals surface area contributed by atoms with Crippen LogP contribution in [0.4, 0.5) is 11.6 Å². The average Bonchev–Trinajstić information content (AvgIpc) is 2.71. The van der Waals surface area contributed by atoms with Crippen LogP contribution in [0.25, 0.3) is 0 Å². The Kier molecular flexibility index (Phi) is 6.69. The summed E-state index contributed by atoms with van der Waals surface area (Å²) in [4.78, 5) is 23.5. The number of morpholine rings is 1. The smallest absolute Gasteiger partial charge is 0.251 e. The molecule has 1 aliphatic rings. The number of carbonyl (C=O) groups is 1. The lowest BCUT2D eigenvalue weighted by molar-refractivity contribution is 0.0955. The van der Waals surface area contributed by atoms with E-state index in [4.69, 9.17) is 4.74 Å². The molecule has 0 radical (unpaired) electrons. The summed E-state index contributed by atoms with van der Waals surface area (Å²) in [6.45, 7) is 12.6. The van der Waals surface area contributed by atoms with Crippen LogP contribution in [0.2, 0.25) is 0 Å². The van der Waals surface area contributed by atoms with E-state index in [0.29, 0.717) is 31.9 Å². The second-order valence-electron chi connectivity index (χ2n) is 8.27. The third-order valence-electron chi connectivity index (χ3n) is 4.89. The van der Waals surface area contributed by atoms with Crippen molar-refractivity contribution in [2.75, 3.05) is 49.6 Å². The molecule has 2 heterocycles. The maximum atomic E-state index is 12.3. The van der Waals surface area contributed by atoms with Gasteiger partial charge in [0.1, 0.15) is 17.5 Å². The van der Waals surface area contributed by atoms with Crippen molar-refractivity contribution >= 4 is 17.5 Å². The standard InChI is InChI=1S/C22H31N5O2/c1-16-25-19(15-20(26-16)27-11-13-29-14-12-27)23-9-10-24-21(28)17-5-7-18(8-6-17)22(2,3)4/h5-8,15H,9-14H2,1-4H3,(H,24,28)(H,23,25,26). The molecular weight excluding hydrogens is 366 g/mol. The molecule has 7 nitrogen and oxygen atoms in total. The molecule has 0 saturated carbocycles. The van der Waals surface area contributed by atoms with Gasteiger partial charge in [0.2, 0.25) is 0 Å². The van der Waals surface area contributed by atoms with Gasteiger partial charge >= 0.3 is 0 Å². The topological polar surface area (TPSA) is 79.4 Å². The second-order valence-corrected chi connectivity index (χ2v) is 8.27. The minimum atomic E-state index is -0.0693. The van der Waals surface area contributed by atoms with Gasteiger partial charge in [0, 0.05) is 37.8 Å². The number of rotatable bonds is 6. The molecule has 1 fully saturated rings. The SMILES string of the molecule is Cc1nc(NCCNC(=O)c2ccc(C(C)(C)C)cc2)cc(N2CCOCC2)n1. The van der Waals surface area contributed by atoms with E-state index in [1.165, 1.54) is 5.56 Å². The molecule has 1 amide bonds. The number of hydrogen-bond acceptors (Lipinski definition) is 6. The zero-order valence-electron chi connectivity index (χ0n) is 17.8. The highest BCUT2D eigenvalue weighted by Gasteiger charge is 2.15. The number of nitrogens with one attached hydrogen (secondary N) is 2. The zero-order chi connectivity index (χ0) is 20.9. The predicted molar refractivity (Wildman–Crippen MR) is 116 cm³/mol. The summed E-state index contributed by atoms with van der Waals surface area (Å²) in [5, 5.41) is 6.23. The van der Waals surface area contributed by atoms with Gasteiger partial charge in [-0.15, -0.1) is 0 Å². The van der Waals surface area contributed by atoms with E-state index >= 15 is 0 Å². The summed E-state index contributed by atoms with van der Waals surface area (Å²) in [6.07, 6.45) is 0. The molecule has 29 heavy (non-hydrogen) atoms. The number of aromatic nitrogens is 2. The maximum absolute atomic E-state index is 12.3. The molecule has 1 aliphatic heterocycles. The Morgan fingerprint density at radius 3 is 2.45 bits per heavy atom. The molecule has 0 aliphatic carbocycles. The van der Waals surface area contributed by atoms with Crippen molar-refractivity contribution in [3.05, 3.63) is 47.3 Å². The molecule has 0 spiro atoms. The van der Waals surface area contributed by atoms with E-state index < -0.39 is 0 Å². The minimum absolute atomic E-state index is 0.0693. The molecule has 7 heteroatoms. The van der Waals surface area contributed by atoms with Gasteiger partial charge in [-0.2, -0.15) is 0 Å². The lowest BCUT2D eigenvalue weighted by atomic mass is 9.87. The van der Waals surface area contributed by atoms with Gasteiger partial charge in [-0.3, -0.25) is 4.79 Å². The molecular formula is C22H31N5O2. The highest BCUT2D eigenvalue weighted by molar-refractivity contribution is 5.94. The van der Waals surface area contributed by atoms with Crippen LogP contribution in [0.5, 0.6) is 0 Å². The summed E-state index contributed by atoms with van der Waals surface area (Å²) in [5.41, 5.74) is 1.96. The summed E-state index contributed by atoms with van der Waals surface area (Å²) in [6, 6.07) is 9.75. The number of hydrogen-bond donors (Lipinski definition) is 2. The van der Waals surface area contributed by atoms with Crippen LogP contribution < -0.4 is 15.5 Å². The third kappa shape index (κ3) is 5.90. The molecule has 0 bridgehead atoms. The van der Waals surface area contributed by atoms with Crippen molar-refractivity contribution in [3.63, 3.8) is 0 Å². The fraction of sp³-hybridized carbons (Fsp3) is 0.500. The maximum Gasteiger partial charge on any atom is 0.251 e. The van der Waals surface area contributed by atoms with E-state index in [9.17, 15) is 4.79 Å². The largest absolute Gasteiger partial charge is 0.378 e. The van der Waals surface area contributed by atoms with Gasteiger partial charge in [-0.1, -0.05) is 32.9 Å². The summed E-state index contributed by atoms with van der Waals surface area (Å²) >= 11 is 0. The summed E-state index contributed by atoms with van der Waals surface area (Å²) < 4.78 is 5.40. The number of nitrogens with zero attached hydrogens (tertiary/aromatic N) is 3. The Bertz CT molecular complexity index is 824. The van der Waals surface area contributed by atoms with Gasteiger partial charge in [0.25, 0.3) is 5.91 Å². The highest BCUT2D eigenvalue weighted by Crippen LogP contribution is 2.22. The molecule has 0 atom stereocenters. The first-order chi connectivity index (χ1) is 13.8. The lowest BCUT2D eigenvalue weighted by Gasteiger charge is -2.28. The summed E-state index contributed by atoms with van der Waals surface area (Å²) in [7, 11) is 0. The highest BCUT2D eigenvalue weighted by atomic mass is 16.5. The number of ether oxygens (including phenoxy) is 1. The van der Waals surface area contributed by atoms with E-state index in [1.807, 2.05) is 37.3 Å². The Labute approximate surface area is 172 Å². The number of carbonyl (C=O) groups excluding carboxylic acids is 1. The third-order valence-corrected chi connectivity index (χ3v) is 4.89. The van der Waals surface area contributed by atoms with Crippen LogP contribution in [0.1, 0.15) is 42.5 Å².